The van der Waals surface area contributed by atoms with Crippen LogP contribution in [0.3, 0.4) is 0 Å². The van der Waals surface area contributed by atoms with E-state index in [1.54, 1.807) is 0 Å². The Kier molecular flexibility index (Phi) is 8.41. The van der Waals surface area contributed by atoms with Crippen molar-refractivity contribution in [2.45, 2.75) is 43.8 Å². The molecule has 0 spiro atoms. The van der Waals surface area contributed by atoms with Gasteiger partial charge in [-0.05, 0) is 0 Å². The summed E-state index contributed by atoms with van der Waals surface area (Å²) in [5, 5.41) is 3.76. The summed E-state index contributed by atoms with van der Waals surface area (Å²) in [5.41, 5.74) is 8.46. The van der Waals surface area contributed by atoms with Gasteiger partial charge in [-0.3, -0.25) is 0 Å². The topological polar surface area (TPSA) is 48.8 Å². The van der Waals surface area contributed by atoms with Crippen molar-refractivity contribution in [2.24, 2.45) is 5.11 Å². The van der Waals surface area contributed by atoms with Gasteiger partial charge in [0.2, 0.25) is 0 Å². The summed E-state index contributed by atoms with van der Waals surface area (Å²) in [5.74, 6) is 0. The molecule has 0 fully saturated rings. The molecule has 0 aliphatic heterocycles. The molecule has 0 N–H and O–H groups in total. The van der Waals surface area contributed by atoms with Crippen LogP contribution in [-0.4, -0.2) is 21.5 Å². The Morgan fingerprint density at radius 3 is 2.67 bits per heavy atom. The molecule has 0 saturated carbocycles. The van der Waals surface area contributed by atoms with Crippen LogP contribution in [0.1, 0.15) is 39.0 Å². The van der Waals surface area contributed by atoms with E-state index < -0.39 is 0 Å². The second kappa shape index (κ2) is 10.0. The fraction of sp³-hybridized carbons (Fsp3) is 0.571. The van der Waals surface area contributed by atoms with Gasteiger partial charge in [0.05, 0.1) is 0 Å². The first kappa shape index (κ1) is 15.1. The zero-order valence-electron chi connectivity index (χ0n) is 11.0. The Bertz CT molecular complexity index is 361. The van der Waals surface area contributed by atoms with Crippen LogP contribution in [-0.2, 0) is 0 Å². The van der Waals surface area contributed by atoms with Crippen LogP contribution in [0.2, 0.25) is 4.82 Å². The van der Waals surface area contributed by atoms with Gasteiger partial charge >= 0.3 is 116 Å². The van der Waals surface area contributed by atoms with E-state index in [2.05, 4.69) is 41.2 Å². The molecule has 0 aromatic heterocycles. The number of hydrogen-bond donors (Lipinski definition) is 0. The number of unbranched alkanes of at least 4 members (excludes halogenated alkanes) is 3. The van der Waals surface area contributed by atoms with Crippen molar-refractivity contribution < 1.29 is 0 Å². The number of benzene rings is 1. The molecule has 1 aromatic rings. The summed E-state index contributed by atoms with van der Waals surface area (Å²) >= 11 is 0.418. The van der Waals surface area contributed by atoms with Crippen LogP contribution >= 0.6 is 0 Å². The summed E-state index contributed by atoms with van der Waals surface area (Å²) in [6.07, 6.45) is 6.33. The van der Waals surface area contributed by atoms with E-state index in [9.17, 15) is 0 Å². The van der Waals surface area contributed by atoms with Crippen molar-refractivity contribution in [2.75, 3.05) is 6.54 Å². The van der Waals surface area contributed by atoms with Crippen LogP contribution in [0.25, 0.3) is 10.4 Å². The first-order chi connectivity index (χ1) is 8.86. The molecule has 1 unspecified atom stereocenters. The Morgan fingerprint density at radius 2 is 2.00 bits per heavy atom. The van der Waals surface area contributed by atoms with Crippen LogP contribution < -0.4 is 4.46 Å². The predicted molar refractivity (Wildman–Crippen MR) is 78.4 cm³/mol. The summed E-state index contributed by atoms with van der Waals surface area (Å²) in [7, 11) is 0. The van der Waals surface area contributed by atoms with Crippen molar-refractivity contribution in [3.05, 3.63) is 40.8 Å². The predicted octanol–water partition coefficient (Wildman–Crippen LogP) is 4.09. The molecule has 0 bridgehead atoms. The number of hydrogen-bond acceptors (Lipinski definition) is 1. The average Bonchev–Trinajstić information content (AvgIpc) is 2.41. The number of nitrogens with zero attached hydrogens (tertiary/aromatic N) is 3. The molecular formula is C14H21N3Se. The molecule has 0 heterocycles. The van der Waals surface area contributed by atoms with Gasteiger partial charge in [-0.1, -0.05) is 0 Å². The number of rotatable bonds is 9. The van der Waals surface area contributed by atoms with Crippen molar-refractivity contribution in [3.8, 4) is 0 Å². The maximum atomic E-state index is 8.46. The zero-order chi connectivity index (χ0) is 13.1. The van der Waals surface area contributed by atoms with E-state index in [0.717, 1.165) is 0 Å². The van der Waals surface area contributed by atoms with Gasteiger partial charge in [0.1, 0.15) is 0 Å². The van der Waals surface area contributed by atoms with E-state index in [1.807, 2.05) is 6.07 Å². The van der Waals surface area contributed by atoms with E-state index in [-0.39, 0.29) is 0 Å². The van der Waals surface area contributed by atoms with E-state index in [1.165, 1.54) is 36.6 Å². The molecule has 1 rings (SSSR count). The standard InChI is InChI=1S/C14H21N3Se/c1-2-3-4-6-11-14(12-16-17-15)18-13-9-7-5-8-10-13/h5,7-10,14H,2-4,6,11-12H2,1H3. The van der Waals surface area contributed by atoms with E-state index in [0.29, 0.717) is 26.3 Å². The van der Waals surface area contributed by atoms with E-state index >= 15 is 0 Å². The van der Waals surface area contributed by atoms with Gasteiger partial charge in [0.15, 0.2) is 0 Å². The van der Waals surface area contributed by atoms with Crippen molar-refractivity contribution in [3.63, 3.8) is 0 Å². The summed E-state index contributed by atoms with van der Waals surface area (Å²) in [6, 6.07) is 10.6. The molecule has 1 aromatic carbocycles. The van der Waals surface area contributed by atoms with Gasteiger partial charge < -0.3 is 0 Å². The van der Waals surface area contributed by atoms with Gasteiger partial charge in [-0.15, -0.1) is 0 Å². The normalized spacial score (nSPS) is 11.8. The fourth-order valence-corrected chi connectivity index (χ4v) is 4.17. The molecule has 0 aliphatic rings. The molecule has 1 atom stereocenters. The Balaban J connectivity index is 2.42. The summed E-state index contributed by atoms with van der Waals surface area (Å²) < 4.78 is 1.40. The molecule has 98 valence electrons. The molecule has 4 heteroatoms. The third kappa shape index (κ3) is 6.70. The average molecular weight is 310 g/mol. The van der Waals surface area contributed by atoms with Crippen LogP contribution in [0.4, 0.5) is 0 Å². The van der Waals surface area contributed by atoms with Crippen LogP contribution in [0.5, 0.6) is 0 Å². The zero-order valence-corrected chi connectivity index (χ0v) is 12.7. The van der Waals surface area contributed by atoms with Crippen molar-refractivity contribution in [1.82, 2.24) is 0 Å². The first-order valence-corrected chi connectivity index (χ1v) is 8.44. The third-order valence-electron chi connectivity index (χ3n) is 2.77. The Morgan fingerprint density at radius 1 is 1.22 bits per heavy atom. The van der Waals surface area contributed by atoms with Gasteiger partial charge in [-0.2, -0.15) is 0 Å². The minimum absolute atomic E-state index is 0.418. The van der Waals surface area contributed by atoms with E-state index in [4.69, 9.17) is 5.53 Å². The second-order valence-corrected chi connectivity index (χ2v) is 7.20. The third-order valence-corrected chi connectivity index (χ3v) is 5.42. The molecular weight excluding hydrogens is 289 g/mol. The molecule has 0 aliphatic carbocycles. The van der Waals surface area contributed by atoms with Gasteiger partial charge in [-0.25, -0.2) is 0 Å². The fourth-order valence-electron chi connectivity index (χ4n) is 1.81. The Labute approximate surface area is 116 Å². The molecule has 18 heavy (non-hydrogen) atoms. The molecule has 0 amide bonds. The quantitative estimate of drug-likeness (QED) is 0.217. The molecule has 3 nitrogen and oxygen atoms in total. The molecule has 0 radical (unpaired) electrons. The summed E-state index contributed by atoms with van der Waals surface area (Å²) in [6.45, 7) is 2.88. The number of azide groups is 1. The first-order valence-electron chi connectivity index (χ1n) is 6.59. The van der Waals surface area contributed by atoms with Gasteiger partial charge in [0, 0.05) is 0 Å². The Hall–Kier alpha value is -0.951. The second-order valence-electron chi connectivity index (χ2n) is 4.32. The minimum atomic E-state index is 0.418. The van der Waals surface area contributed by atoms with Crippen molar-refractivity contribution in [1.29, 1.82) is 0 Å². The van der Waals surface area contributed by atoms with Crippen molar-refractivity contribution >= 4 is 19.4 Å². The molecule has 0 saturated heterocycles. The maximum absolute atomic E-state index is 8.46. The van der Waals surface area contributed by atoms with Gasteiger partial charge in [0.25, 0.3) is 0 Å². The van der Waals surface area contributed by atoms with Crippen LogP contribution in [0.15, 0.2) is 35.4 Å². The SMILES string of the molecule is CCCCCCC(CN=[N+]=[N-])[Se]c1ccccc1. The summed E-state index contributed by atoms with van der Waals surface area (Å²) in [4.78, 5) is 3.45. The van der Waals surface area contributed by atoms with Crippen LogP contribution in [0, 0.1) is 0 Å². The monoisotopic (exact) mass is 311 g/mol.